The molecule has 1 heterocycles. The minimum absolute atomic E-state index is 0.0158. The van der Waals surface area contributed by atoms with Gasteiger partial charge in [0.05, 0.1) is 42.7 Å². The highest BCUT2D eigenvalue weighted by Gasteiger charge is 2.43. The Bertz CT molecular complexity index is 1270. The maximum atomic E-state index is 14.1. The first-order valence-electron chi connectivity index (χ1n) is 18.4. The van der Waals surface area contributed by atoms with Gasteiger partial charge in [-0.3, -0.25) is 24.1 Å². The van der Waals surface area contributed by atoms with Crippen molar-refractivity contribution in [3.05, 3.63) is 34.9 Å². The van der Waals surface area contributed by atoms with Crippen molar-refractivity contribution in [2.24, 2.45) is 23.5 Å². The van der Waals surface area contributed by atoms with E-state index in [-0.39, 0.29) is 47.9 Å². The average molecular weight is 737 g/mol. The quantitative estimate of drug-likeness (QED) is 0.185. The minimum Gasteiger partial charge on any atom is -0.379 e. The number of halogens is 1. The Balaban J connectivity index is 2.21. The maximum absolute atomic E-state index is 14.1. The van der Waals surface area contributed by atoms with Crippen LogP contribution in [0.25, 0.3) is 0 Å². The second kappa shape index (κ2) is 21.1. The van der Waals surface area contributed by atoms with Crippen LogP contribution in [0.1, 0.15) is 72.8 Å². The highest BCUT2D eigenvalue weighted by Crippen LogP contribution is 2.29. The highest BCUT2D eigenvalue weighted by atomic mass is 35.5. The number of ether oxygens (including phenoxy) is 2. The topological polar surface area (TPSA) is 147 Å². The molecule has 1 aromatic carbocycles. The molecule has 12 nitrogen and oxygen atoms in total. The van der Waals surface area contributed by atoms with Crippen LogP contribution in [-0.4, -0.2) is 129 Å². The number of methoxy groups -OCH3 is 2. The predicted octanol–water partition coefficient (Wildman–Crippen LogP) is 3.34. The zero-order chi connectivity index (χ0) is 38.6. The summed E-state index contributed by atoms with van der Waals surface area (Å²) in [5.74, 6) is -1.43. The highest BCUT2D eigenvalue weighted by molar-refractivity contribution is 6.31. The lowest BCUT2D eigenvalue weighted by Crippen LogP contribution is -2.62. The summed E-state index contributed by atoms with van der Waals surface area (Å²) in [6.45, 7) is 12.5. The number of carbonyl (C=O) groups is 4. The van der Waals surface area contributed by atoms with Crippen molar-refractivity contribution in [2.45, 2.75) is 116 Å². The number of likely N-dealkylation sites (tertiary alicyclic amines) is 1. The van der Waals surface area contributed by atoms with Gasteiger partial charge >= 0.3 is 0 Å². The van der Waals surface area contributed by atoms with Gasteiger partial charge < -0.3 is 35.6 Å². The van der Waals surface area contributed by atoms with Crippen molar-refractivity contribution < 1.29 is 28.7 Å². The summed E-state index contributed by atoms with van der Waals surface area (Å²) < 4.78 is 11.9. The van der Waals surface area contributed by atoms with Gasteiger partial charge in [0, 0.05) is 45.4 Å². The Morgan fingerprint density at radius 3 is 2.20 bits per heavy atom. The van der Waals surface area contributed by atoms with Crippen LogP contribution in [0.4, 0.5) is 0 Å². The van der Waals surface area contributed by atoms with Crippen LogP contribution in [0, 0.1) is 17.8 Å². The van der Waals surface area contributed by atoms with E-state index in [1.165, 1.54) is 0 Å². The molecule has 4 N–H and O–H groups in total. The van der Waals surface area contributed by atoms with E-state index in [0.717, 1.165) is 18.4 Å². The van der Waals surface area contributed by atoms with Gasteiger partial charge in [0.2, 0.25) is 23.6 Å². The summed E-state index contributed by atoms with van der Waals surface area (Å²) in [7, 11) is 8.48. The molecule has 0 radical (unpaired) electrons. The number of rotatable bonds is 20. The first kappa shape index (κ1) is 44.4. The number of carbonyl (C=O) groups excluding carboxylic acids is 4. The predicted molar refractivity (Wildman–Crippen MR) is 202 cm³/mol. The summed E-state index contributed by atoms with van der Waals surface area (Å²) in [5.41, 5.74) is 7.26. The van der Waals surface area contributed by atoms with Crippen molar-refractivity contribution in [3.63, 3.8) is 0 Å². The van der Waals surface area contributed by atoms with E-state index in [4.69, 9.17) is 26.8 Å². The van der Waals surface area contributed by atoms with Crippen molar-refractivity contribution >= 4 is 35.2 Å². The fraction of sp³-hybridized carbons (Fsp3) is 0.737. The smallest absolute Gasteiger partial charge is 0.246 e. The fourth-order valence-corrected chi connectivity index (χ4v) is 7.73. The Morgan fingerprint density at radius 1 is 1.02 bits per heavy atom. The van der Waals surface area contributed by atoms with Crippen LogP contribution in [0.2, 0.25) is 5.02 Å². The molecule has 1 fully saturated rings. The van der Waals surface area contributed by atoms with E-state index in [2.05, 4.69) is 10.6 Å². The lowest BCUT2D eigenvalue weighted by molar-refractivity contribution is -0.147. The van der Waals surface area contributed by atoms with Crippen molar-refractivity contribution in [1.82, 2.24) is 25.3 Å². The van der Waals surface area contributed by atoms with Crippen LogP contribution < -0.4 is 16.4 Å². The number of hydrogen-bond acceptors (Lipinski definition) is 8. The van der Waals surface area contributed by atoms with Gasteiger partial charge in [-0.1, -0.05) is 70.8 Å². The molecule has 0 spiro atoms. The molecule has 0 saturated carbocycles. The molecular weight excluding hydrogens is 672 g/mol. The van der Waals surface area contributed by atoms with Gasteiger partial charge in [-0.05, 0) is 63.7 Å². The third-order valence-corrected chi connectivity index (χ3v) is 10.8. The summed E-state index contributed by atoms with van der Waals surface area (Å²) in [6, 6.07) is 4.71. The van der Waals surface area contributed by atoms with Crippen LogP contribution in [-0.2, 0) is 35.1 Å². The summed E-state index contributed by atoms with van der Waals surface area (Å²) in [5, 5.41) is 6.59. The number of nitrogens with one attached hydrogen (secondary N) is 2. The van der Waals surface area contributed by atoms with Crippen molar-refractivity contribution in [2.75, 3.05) is 48.5 Å². The number of nitrogens with two attached hydrogens (primary N) is 1. The third-order valence-electron chi connectivity index (χ3n) is 10.5. The SMILES string of the molecule is CC[C@H](C)[C@@H]([C@@H](CC(=O)N1CCC[C@H]1[C@H](OC)[C@@H](C)C(=O)NCCc1ccccc1Cl)OC)N(C)C(=O)[C@@H](NC(=O)[C@H](C(C)C)N(C)C)[C@H](C)N. The molecule has 0 unspecified atom stereocenters. The van der Waals surface area contributed by atoms with Gasteiger partial charge in [0.25, 0.3) is 0 Å². The number of nitrogens with zero attached hydrogens (tertiary/aromatic N) is 3. The second-order valence-corrected chi connectivity index (χ2v) is 15.1. The van der Waals surface area contributed by atoms with E-state index in [1.807, 2.05) is 82.8 Å². The minimum atomic E-state index is -0.966. The lowest BCUT2D eigenvalue weighted by Gasteiger charge is -2.41. The van der Waals surface area contributed by atoms with E-state index < -0.39 is 42.3 Å². The first-order chi connectivity index (χ1) is 24.0. The Kier molecular flexibility index (Phi) is 18.3. The molecule has 1 aliphatic heterocycles. The van der Waals surface area contributed by atoms with Gasteiger partial charge in [0.1, 0.15) is 6.04 Å². The van der Waals surface area contributed by atoms with Crippen molar-refractivity contribution in [1.29, 1.82) is 0 Å². The summed E-state index contributed by atoms with van der Waals surface area (Å²) in [6.07, 6.45) is 1.68. The van der Waals surface area contributed by atoms with Gasteiger partial charge in [-0.25, -0.2) is 0 Å². The van der Waals surface area contributed by atoms with Crippen LogP contribution in [0.15, 0.2) is 24.3 Å². The maximum Gasteiger partial charge on any atom is 0.246 e. The molecule has 13 heteroatoms. The molecular formula is C38H65ClN6O6. The zero-order valence-electron chi connectivity index (χ0n) is 32.8. The fourth-order valence-electron chi connectivity index (χ4n) is 7.50. The van der Waals surface area contributed by atoms with Gasteiger partial charge in [-0.15, -0.1) is 0 Å². The molecule has 0 aromatic heterocycles. The Hall–Kier alpha value is -2.77. The Labute approximate surface area is 311 Å². The number of amides is 4. The average Bonchev–Trinajstić information content (AvgIpc) is 3.56. The summed E-state index contributed by atoms with van der Waals surface area (Å²) >= 11 is 6.28. The molecule has 1 aliphatic rings. The van der Waals surface area contributed by atoms with Crippen LogP contribution in [0.3, 0.4) is 0 Å². The lowest BCUT2D eigenvalue weighted by atomic mass is 9.89. The standard InChI is InChI=1S/C38H65ClN6O6/c1-12-24(4)34(44(9)38(49)32(26(6)40)42-37(48)33(23(2)3)43(7)8)30(50-10)22-31(46)45-21-15-18-29(45)35(51-11)25(5)36(47)41-20-19-27-16-13-14-17-28(27)39/h13-14,16-17,23-26,29-30,32-35H,12,15,18-22,40H2,1-11H3,(H,41,47)(H,42,48)/t24-,25+,26-,29-,30+,32-,33-,34-,35+/m0/s1. The van der Waals surface area contributed by atoms with Crippen LogP contribution in [0.5, 0.6) is 0 Å². The summed E-state index contributed by atoms with van der Waals surface area (Å²) in [4.78, 5) is 60.0. The molecule has 290 valence electrons. The first-order valence-corrected chi connectivity index (χ1v) is 18.7. The molecule has 1 saturated heterocycles. The van der Waals surface area contributed by atoms with E-state index in [0.29, 0.717) is 31.0 Å². The third kappa shape index (κ3) is 11.9. The molecule has 51 heavy (non-hydrogen) atoms. The number of benzene rings is 1. The molecule has 2 rings (SSSR count). The number of likely N-dealkylation sites (N-methyl/N-ethyl adjacent to an activating group) is 2. The van der Waals surface area contributed by atoms with Crippen LogP contribution >= 0.6 is 11.6 Å². The largest absolute Gasteiger partial charge is 0.379 e. The van der Waals surface area contributed by atoms with Gasteiger partial charge in [0.15, 0.2) is 0 Å². The molecule has 0 aliphatic carbocycles. The van der Waals surface area contributed by atoms with E-state index in [1.54, 1.807) is 33.1 Å². The monoisotopic (exact) mass is 736 g/mol. The number of hydrogen-bond donors (Lipinski definition) is 3. The molecule has 9 atom stereocenters. The Morgan fingerprint density at radius 2 is 1.67 bits per heavy atom. The van der Waals surface area contributed by atoms with E-state index in [9.17, 15) is 19.2 Å². The molecule has 1 aromatic rings. The second-order valence-electron chi connectivity index (χ2n) is 14.7. The normalized spacial score (nSPS) is 19.5. The van der Waals surface area contributed by atoms with Gasteiger partial charge in [-0.2, -0.15) is 0 Å². The molecule has 4 amide bonds. The van der Waals surface area contributed by atoms with E-state index >= 15 is 0 Å². The zero-order valence-corrected chi connectivity index (χ0v) is 33.5. The van der Waals surface area contributed by atoms with Crippen molar-refractivity contribution in [3.8, 4) is 0 Å². The molecule has 0 bridgehead atoms.